The first-order valence-corrected chi connectivity index (χ1v) is 7.28. The minimum absolute atomic E-state index is 0.298. The fourth-order valence-corrected chi connectivity index (χ4v) is 2.56. The van der Waals surface area contributed by atoms with E-state index in [9.17, 15) is 0 Å². The molecule has 2 nitrogen and oxygen atoms in total. The number of nitrogens with two attached hydrogens (primary N) is 1. The molecule has 1 aliphatic rings. The van der Waals surface area contributed by atoms with E-state index in [-0.39, 0.29) is 0 Å². The van der Waals surface area contributed by atoms with Crippen LogP contribution in [0.3, 0.4) is 0 Å². The van der Waals surface area contributed by atoms with Crippen molar-refractivity contribution in [1.82, 2.24) is 0 Å². The molecule has 1 aromatic rings. The molecule has 1 atom stereocenters. The molecular formula is C16H26N2. The van der Waals surface area contributed by atoms with Crippen molar-refractivity contribution >= 4 is 5.69 Å². The Labute approximate surface area is 111 Å². The summed E-state index contributed by atoms with van der Waals surface area (Å²) in [6.07, 6.45) is 4.69. The highest BCUT2D eigenvalue weighted by molar-refractivity contribution is 5.48. The Morgan fingerprint density at radius 1 is 1.22 bits per heavy atom. The van der Waals surface area contributed by atoms with Crippen LogP contribution in [0.5, 0.6) is 0 Å². The number of hydrogen-bond donors (Lipinski definition) is 1. The molecule has 2 heteroatoms. The molecule has 18 heavy (non-hydrogen) atoms. The van der Waals surface area contributed by atoms with Crippen LogP contribution in [0.15, 0.2) is 24.3 Å². The van der Waals surface area contributed by atoms with E-state index in [2.05, 4.69) is 43.0 Å². The van der Waals surface area contributed by atoms with Gasteiger partial charge in [0, 0.05) is 24.8 Å². The normalized spacial score (nSPS) is 18.9. The highest BCUT2D eigenvalue weighted by Gasteiger charge is 2.15. The highest BCUT2D eigenvalue weighted by Crippen LogP contribution is 2.23. The van der Waals surface area contributed by atoms with Gasteiger partial charge in [0.25, 0.3) is 0 Å². The molecular weight excluding hydrogens is 220 g/mol. The van der Waals surface area contributed by atoms with Crippen LogP contribution in [0.1, 0.15) is 38.7 Å². The van der Waals surface area contributed by atoms with Crippen LogP contribution in [0.4, 0.5) is 5.69 Å². The van der Waals surface area contributed by atoms with Gasteiger partial charge in [-0.15, -0.1) is 0 Å². The number of rotatable bonds is 4. The molecule has 1 aliphatic heterocycles. The topological polar surface area (TPSA) is 29.3 Å². The number of anilines is 1. The minimum Gasteiger partial charge on any atom is -0.372 e. The van der Waals surface area contributed by atoms with Crippen LogP contribution >= 0.6 is 0 Å². The van der Waals surface area contributed by atoms with E-state index in [1.807, 2.05) is 0 Å². The maximum absolute atomic E-state index is 5.99. The molecule has 0 aromatic heterocycles. The summed E-state index contributed by atoms with van der Waals surface area (Å²) in [7, 11) is 0. The molecule has 1 heterocycles. The first-order valence-electron chi connectivity index (χ1n) is 7.28. The van der Waals surface area contributed by atoms with Crippen molar-refractivity contribution < 1.29 is 0 Å². The van der Waals surface area contributed by atoms with Crippen molar-refractivity contribution in [2.45, 2.75) is 45.6 Å². The molecule has 1 unspecified atom stereocenters. The quantitative estimate of drug-likeness (QED) is 0.884. The summed E-state index contributed by atoms with van der Waals surface area (Å²) in [4.78, 5) is 2.50. The lowest BCUT2D eigenvalue weighted by atomic mass is 9.98. The van der Waals surface area contributed by atoms with E-state index in [4.69, 9.17) is 5.73 Å². The lowest BCUT2D eigenvalue weighted by Gasteiger charge is -2.32. The summed E-state index contributed by atoms with van der Waals surface area (Å²) in [5.41, 5.74) is 8.72. The predicted molar refractivity (Wildman–Crippen MR) is 79.0 cm³/mol. The van der Waals surface area contributed by atoms with Gasteiger partial charge in [-0.2, -0.15) is 0 Å². The SMILES string of the molecule is CCC(N)Cc1ccc(N2CCC(C)CC2)cc1. The summed E-state index contributed by atoms with van der Waals surface area (Å²) in [5.74, 6) is 0.892. The second-order valence-corrected chi connectivity index (χ2v) is 5.71. The summed E-state index contributed by atoms with van der Waals surface area (Å²) >= 11 is 0. The Morgan fingerprint density at radius 3 is 2.39 bits per heavy atom. The Morgan fingerprint density at radius 2 is 1.83 bits per heavy atom. The van der Waals surface area contributed by atoms with Crippen molar-refractivity contribution in [3.05, 3.63) is 29.8 Å². The molecule has 1 fully saturated rings. The van der Waals surface area contributed by atoms with E-state index in [1.54, 1.807) is 0 Å². The molecule has 0 radical (unpaired) electrons. The van der Waals surface area contributed by atoms with Gasteiger partial charge in [-0.25, -0.2) is 0 Å². The monoisotopic (exact) mass is 246 g/mol. The van der Waals surface area contributed by atoms with Crippen LogP contribution < -0.4 is 10.6 Å². The molecule has 0 spiro atoms. The molecule has 0 aliphatic carbocycles. The van der Waals surface area contributed by atoms with E-state index >= 15 is 0 Å². The van der Waals surface area contributed by atoms with Crippen LogP contribution in [0, 0.1) is 5.92 Å². The van der Waals surface area contributed by atoms with Gasteiger partial charge < -0.3 is 10.6 Å². The zero-order valence-corrected chi connectivity index (χ0v) is 11.7. The number of hydrogen-bond acceptors (Lipinski definition) is 2. The molecule has 2 rings (SSSR count). The third-order valence-corrected chi connectivity index (χ3v) is 4.11. The van der Waals surface area contributed by atoms with Crippen molar-refractivity contribution in [3.8, 4) is 0 Å². The maximum Gasteiger partial charge on any atom is 0.0366 e. The Hall–Kier alpha value is -1.02. The Kier molecular flexibility index (Phi) is 4.65. The van der Waals surface area contributed by atoms with Crippen molar-refractivity contribution in [2.75, 3.05) is 18.0 Å². The van der Waals surface area contributed by atoms with E-state index in [1.165, 1.54) is 37.2 Å². The summed E-state index contributed by atoms with van der Waals surface area (Å²) in [6, 6.07) is 9.29. The third-order valence-electron chi connectivity index (χ3n) is 4.11. The van der Waals surface area contributed by atoms with Gasteiger partial charge in [0.2, 0.25) is 0 Å². The molecule has 0 saturated carbocycles. The summed E-state index contributed by atoms with van der Waals surface area (Å²) in [6.45, 7) is 6.91. The highest BCUT2D eigenvalue weighted by atomic mass is 15.1. The fourth-order valence-electron chi connectivity index (χ4n) is 2.56. The van der Waals surface area contributed by atoms with Crippen LogP contribution in [0.2, 0.25) is 0 Å². The molecule has 1 saturated heterocycles. The van der Waals surface area contributed by atoms with Crippen LogP contribution in [0.25, 0.3) is 0 Å². The van der Waals surface area contributed by atoms with Crippen LogP contribution in [-0.4, -0.2) is 19.1 Å². The zero-order chi connectivity index (χ0) is 13.0. The Bertz CT molecular complexity index is 350. The van der Waals surface area contributed by atoms with Crippen molar-refractivity contribution in [2.24, 2.45) is 11.7 Å². The molecule has 2 N–H and O–H groups in total. The van der Waals surface area contributed by atoms with E-state index < -0.39 is 0 Å². The van der Waals surface area contributed by atoms with Gasteiger partial charge in [-0.05, 0) is 49.3 Å². The molecule has 100 valence electrons. The summed E-state index contributed by atoms with van der Waals surface area (Å²) < 4.78 is 0. The average Bonchev–Trinajstić information content (AvgIpc) is 2.40. The van der Waals surface area contributed by atoms with Gasteiger partial charge in [-0.3, -0.25) is 0 Å². The van der Waals surface area contributed by atoms with Gasteiger partial charge >= 0.3 is 0 Å². The predicted octanol–water partition coefficient (Wildman–Crippen LogP) is 3.20. The second-order valence-electron chi connectivity index (χ2n) is 5.71. The van der Waals surface area contributed by atoms with Gasteiger partial charge in [0.05, 0.1) is 0 Å². The van der Waals surface area contributed by atoms with Crippen molar-refractivity contribution in [3.63, 3.8) is 0 Å². The van der Waals surface area contributed by atoms with Gasteiger partial charge in [0.1, 0.15) is 0 Å². The smallest absolute Gasteiger partial charge is 0.0366 e. The van der Waals surface area contributed by atoms with Gasteiger partial charge in [-0.1, -0.05) is 26.0 Å². The lowest BCUT2D eigenvalue weighted by Crippen LogP contribution is -2.32. The lowest BCUT2D eigenvalue weighted by molar-refractivity contribution is 0.438. The first-order chi connectivity index (χ1) is 8.69. The second kappa shape index (κ2) is 6.24. The number of piperidine rings is 1. The van der Waals surface area contributed by atoms with E-state index in [0.717, 1.165) is 18.8 Å². The standard InChI is InChI=1S/C16H26N2/c1-3-15(17)12-14-4-6-16(7-5-14)18-10-8-13(2)9-11-18/h4-7,13,15H,3,8-12,17H2,1-2H3. The number of nitrogens with zero attached hydrogens (tertiary/aromatic N) is 1. The molecule has 0 bridgehead atoms. The molecule has 1 aromatic carbocycles. The zero-order valence-electron chi connectivity index (χ0n) is 11.7. The third kappa shape index (κ3) is 3.49. The first kappa shape index (κ1) is 13.4. The maximum atomic E-state index is 5.99. The van der Waals surface area contributed by atoms with Crippen molar-refractivity contribution in [1.29, 1.82) is 0 Å². The Balaban J connectivity index is 1.95. The van der Waals surface area contributed by atoms with Gasteiger partial charge in [0.15, 0.2) is 0 Å². The average molecular weight is 246 g/mol. The number of benzene rings is 1. The summed E-state index contributed by atoms with van der Waals surface area (Å²) in [5, 5.41) is 0. The fraction of sp³-hybridized carbons (Fsp3) is 0.625. The molecule has 0 amide bonds. The largest absolute Gasteiger partial charge is 0.372 e. The van der Waals surface area contributed by atoms with Crippen LogP contribution in [-0.2, 0) is 6.42 Å². The minimum atomic E-state index is 0.298. The van der Waals surface area contributed by atoms with E-state index in [0.29, 0.717) is 6.04 Å².